The van der Waals surface area contributed by atoms with Gasteiger partial charge in [0.25, 0.3) is 0 Å². The van der Waals surface area contributed by atoms with Crippen LogP contribution in [0.15, 0.2) is 12.2 Å². The molecule has 3 unspecified atom stereocenters. The first-order valence-electron chi connectivity index (χ1n) is 5.71. The van der Waals surface area contributed by atoms with Crippen molar-refractivity contribution in [3.63, 3.8) is 0 Å². The highest BCUT2D eigenvalue weighted by Crippen LogP contribution is 2.92. The minimum absolute atomic E-state index is 0.584. The van der Waals surface area contributed by atoms with Crippen molar-refractivity contribution in [3.8, 4) is 0 Å². The van der Waals surface area contributed by atoms with Crippen LogP contribution in [0, 0.1) is 22.2 Å². The molecule has 0 aliphatic heterocycles. The summed E-state index contributed by atoms with van der Waals surface area (Å²) < 4.78 is 0. The van der Waals surface area contributed by atoms with E-state index >= 15 is 0 Å². The van der Waals surface area contributed by atoms with Gasteiger partial charge >= 0.3 is 0 Å². The van der Waals surface area contributed by atoms with E-state index in [4.69, 9.17) is 0 Å². The predicted molar refractivity (Wildman–Crippen MR) is 55.4 cm³/mol. The fraction of sp³-hybridized carbons (Fsp3) is 0.846. The van der Waals surface area contributed by atoms with Gasteiger partial charge in [-0.3, -0.25) is 0 Å². The highest BCUT2D eigenvalue weighted by molar-refractivity contribution is 5.45. The lowest BCUT2D eigenvalue weighted by atomic mass is 9.51. The third-order valence-corrected chi connectivity index (χ3v) is 6.02. The molecule has 3 atom stereocenters. The summed E-state index contributed by atoms with van der Waals surface area (Å²) in [7, 11) is 0. The molecule has 0 N–H and O–H groups in total. The average molecular weight is 176 g/mol. The van der Waals surface area contributed by atoms with Gasteiger partial charge < -0.3 is 0 Å². The predicted octanol–water partition coefficient (Wildman–Crippen LogP) is 3.78. The third-order valence-electron chi connectivity index (χ3n) is 6.02. The van der Waals surface area contributed by atoms with E-state index in [1.807, 2.05) is 0 Å². The van der Waals surface area contributed by atoms with Crippen molar-refractivity contribution < 1.29 is 0 Å². The first-order chi connectivity index (χ1) is 6.03. The summed E-state index contributed by atoms with van der Waals surface area (Å²) in [6, 6.07) is 0. The van der Waals surface area contributed by atoms with Crippen molar-refractivity contribution in [1.29, 1.82) is 0 Å². The number of hydrogen-bond acceptors (Lipinski definition) is 0. The maximum Gasteiger partial charge on any atom is -0.00256 e. The van der Waals surface area contributed by atoms with Crippen molar-refractivity contribution in [2.75, 3.05) is 0 Å². The highest BCUT2D eigenvalue weighted by atomic mass is 14.9. The van der Waals surface area contributed by atoms with Gasteiger partial charge in [0, 0.05) is 0 Å². The molecular weight excluding hydrogens is 156 g/mol. The molecule has 0 amide bonds. The lowest BCUT2D eigenvalue weighted by molar-refractivity contribution is 0.0615. The van der Waals surface area contributed by atoms with E-state index in [9.17, 15) is 0 Å². The maximum atomic E-state index is 4.28. The topological polar surface area (TPSA) is 0 Å². The molecule has 0 nitrogen and oxygen atoms in total. The first-order valence-corrected chi connectivity index (χ1v) is 5.71. The molecule has 3 aliphatic carbocycles. The third kappa shape index (κ3) is 0.489. The second-order valence-corrected chi connectivity index (χ2v) is 6.00. The Hall–Kier alpha value is -0.260. The van der Waals surface area contributed by atoms with Crippen molar-refractivity contribution in [2.45, 2.75) is 46.5 Å². The Morgan fingerprint density at radius 2 is 2.15 bits per heavy atom. The molecule has 0 saturated heterocycles. The van der Waals surface area contributed by atoms with Crippen LogP contribution in [0.3, 0.4) is 0 Å². The summed E-state index contributed by atoms with van der Waals surface area (Å²) in [5.41, 5.74) is 3.51. The van der Waals surface area contributed by atoms with Crippen LogP contribution in [0.1, 0.15) is 46.5 Å². The van der Waals surface area contributed by atoms with Gasteiger partial charge in [0.2, 0.25) is 0 Å². The van der Waals surface area contributed by atoms with E-state index < -0.39 is 0 Å². The molecule has 0 heteroatoms. The second-order valence-electron chi connectivity index (χ2n) is 6.00. The van der Waals surface area contributed by atoms with Crippen LogP contribution in [-0.4, -0.2) is 0 Å². The van der Waals surface area contributed by atoms with Crippen LogP contribution >= 0.6 is 0 Å². The van der Waals surface area contributed by atoms with E-state index in [0.717, 1.165) is 5.92 Å². The molecule has 3 fully saturated rings. The van der Waals surface area contributed by atoms with Gasteiger partial charge in [-0.15, -0.1) is 0 Å². The Bertz CT molecular complexity index is 299. The SMILES string of the molecule is C=C1CC23C(CCC12CC)C3(C)C. The quantitative estimate of drug-likeness (QED) is 0.533. The minimum atomic E-state index is 0.584. The van der Waals surface area contributed by atoms with Crippen molar-refractivity contribution >= 4 is 0 Å². The molecule has 0 bridgehead atoms. The zero-order valence-corrected chi connectivity index (χ0v) is 9.11. The van der Waals surface area contributed by atoms with Gasteiger partial charge in [-0.2, -0.15) is 0 Å². The van der Waals surface area contributed by atoms with Gasteiger partial charge in [0.15, 0.2) is 0 Å². The molecule has 3 saturated carbocycles. The largest absolute Gasteiger partial charge is 0.0993 e. The second kappa shape index (κ2) is 1.76. The van der Waals surface area contributed by atoms with E-state index in [0.29, 0.717) is 16.2 Å². The maximum absolute atomic E-state index is 4.28. The van der Waals surface area contributed by atoms with Gasteiger partial charge in [-0.1, -0.05) is 32.9 Å². The summed E-state index contributed by atoms with van der Waals surface area (Å²) in [5, 5.41) is 0. The molecule has 0 aromatic carbocycles. The Morgan fingerprint density at radius 1 is 1.46 bits per heavy atom. The number of hydrogen-bond donors (Lipinski definition) is 0. The molecule has 0 heterocycles. The lowest BCUT2D eigenvalue weighted by Crippen LogP contribution is -2.44. The van der Waals surface area contributed by atoms with Crippen LogP contribution < -0.4 is 0 Å². The Labute approximate surface area is 81.4 Å². The number of rotatable bonds is 1. The van der Waals surface area contributed by atoms with Crippen molar-refractivity contribution in [2.24, 2.45) is 22.2 Å². The van der Waals surface area contributed by atoms with Gasteiger partial charge in [0.1, 0.15) is 0 Å². The molecule has 0 aromatic rings. The van der Waals surface area contributed by atoms with Gasteiger partial charge in [0.05, 0.1) is 0 Å². The minimum Gasteiger partial charge on any atom is -0.0993 e. The Balaban J connectivity index is 2.08. The normalized spacial score (nSPS) is 55.3. The van der Waals surface area contributed by atoms with Crippen LogP contribution in [0.25, 0.3) is 0 Å². The smallest absolute Gasteiger partial charge is 0.00256 e. The summed E-state index contributed by atoms with van der Waals surface area (Å²) in [4.78, 5) is 0. The molecule has 3 rings (SSSR count). The summed E-state index contributed by atoms with van der Waals surface area (Å²) >= 11 is 0. The Kier molecular flexibility index (Phi) is 1.09. The van der Waals surface area contributed by atoms with Crippen LogP contribution in [0.4, 0.5) is 0 Å². The summed E-state index contributed by atoms with van der Waals surface area (Å²) in [6.45, 7) is 11.6. The van der Waals surface area contributed by atoms with Crippen LogP contribution in [-0.2, 0) is 0 Å². The van der Waals surface area contributed by atoms with Gasteiger partial charge in [-0.25, -0.2) is 0 Å². The lowest BCUT2D eigenvalue weighted by Gasteiger charge is -2.53. The summed E-state index contributed by atoms with van der Waals surface area (Å²) in [6.07, 6.45) is 5.60. The number of allylic oxidation sites excluding steroid dienone is 1. The molecule has 0 radical (unpaired) electrons. The van der Waals surface area contributed by atoms with Crippen molar-refractivity contribution in [3.05, 3.63) is 12.2 Å². The van der Waals surface area contributed by atoms with E-state index in [1.165, 1.54) is 25.7 Å². The molecule has 1 spiro atoms. The average Bonchev–Trinajstić information content (AvgIpc) is 2.46. The van der Waals surface area contributed by atoms with Crippen molar-refractivity contribution in [1.82, 2.24) is 0 Å². The molecular formula is C13H20. The standard InChI is InChI=1S/C13H20/c1-5-12-7-6-10-11(3,4)13(10,12)8-9(12)2/h10H,2,5-8H2,1,3-4H3. The first kappa shape index (κ1) is 8.08. The molecule has 3 aliphatic rings. The fourth-order valence-electron chi connectivity index (χ4n) is 5.29. The Morgan fingerprint density at radius 3 is 2.54 bits per heavy atom. The van der Waals surface area contributed by atoms with E-state index in [1.54, 1.807) is 5.57 Å². The highest BCUT2D eigenvalue weighted by Gasteiger charge is 2.85. The van der Waals surface area contributed by atoms with Crippen LogP contribution in [0.2, 0.25) is 0 Å². The summed E-state index contributed by atoms with van der Waals surface area (Å²) in [5.74, 6) is 1.03. The van der Waals surface area contributed by atoms with E-state index in [2.05, 4.69) is 27.4 Å². The zero-order valence-electron chi connectivity index (χ0n) is 9.11. The molecule has 0 aromatic heterocycles. The van der Waals surface area contributed by atoms with Crippen LogP contribution in [0.5, 0.6) is 0 Å². The monoisotopic (exact) mass is 176 g/mol. The van der Waals surface area contributed by atoms with Gasteiger partial charge in [-0.05, 0) is 47.8 Å². The molecule has 72 valence electrons. The van der Waals surface area contributed by atoms with E-state index in [-0.39, 0.29) is 0 Å². The molecule has 13 heavy (non-hydrogen) atoms. The zero-order chi connectivity index (χ0) is 9.48. The fourth-order valence-corrected chi connectivity index (χ4v) is 5.29.